The number of fused-ring (bicyclic) bond motifs is 1. The third kappa shape index (κ3) is 4.43. The summed E-state index contributed by atoms with van der Waals surface area (Å²) in [6, 6.07) is 22.3. The molecule has 0 aliphatic rings. The van der Waals surface area contributed by atoms with Gasteiger partial charge in [-0.25, -0.2) is 4.79 Å². The van der Waals surface area contributed by atoms with E-state index in [1.54, 1.807) is 16.7 Å². The second kappa shape index (κ2) is 8.69. The molecule has 1 N–H and O–H groups in total. The molecule has 4 rings (SSSR count). The van der Waals surface area contributed by atoms with Gasteiger partial charge in [-0.3, -0.25) is 9.36 Å². The number of para-hydroxylation sites is 4. The van der Waals surface area contributed by atoms with Gasteiger partial charge in [-0.1, -0.05) is 36.4 Å². The highest BCUT2D eigenvalue weighted by Gasteiger charge is 2.11. The lowest BCUT2D eigenvalue weighted by Gasteiger charge is -2.12. The number of hydrogen-bond acceptors (Lipinski definition) is 4. The molecular weight excluding hydrogens is 380 g/mol. The Morgan fingerprint density at radius 1 is 1.03 bits per heavy atom. The van der Waals surface area contributed by atoms with Gasteiger partial charge in [-0.05, 0) is 55.3 Å². The molecule has 6 nitrogen and oxygen atoms in total. The molecular formula is C24H22N2O4. The van der Waals surface area contributed by atoms with Gasteiger partial charge in [0, 0.05) is 13.0 Å². The number of hydrogen-bond donors (Lipinski definition) is 1. The van der Waals surface area contributed by atoms with E-state index < -0.39 is 5.76 Å². The lowest BCUT2D eigenvalue weighted by atomic mass is 10.2. The second-order valence-corrected chi connectivity index (χ2v) is 7.05. The Morgan fingerprint density at radius 3 is 2.70 bits per heavy atom. The first-order chi connectivity index (χ1) is 14.6. The number of benzene rings is 3. The van der Waals surface area contributed by atoms with Crippen molar-refractivity contribution in [1.82, 2.24) is 4.57 Å². The number of ether oxygens (including phenoxy) is 1. The van der Waals surface area contributed by atoms with Gasteiger partial charge in [-0.15, -0.1) is 0 Å². The molecule has 4 aromatic rings. The first-order valence-electron chi connectivity index (χ1n) is 9.82. The third-order valence-corrected chi connectivity index (χ3v) is 4.74. The van der Waals surface area contributed by atoms with Gasteiger partial charge < -0.3 is 14.5 Å². The van der Waals surface area contributed by atoms with Crippen LogP contribution in [0.1, 0.15) is 18.4 Å². The van der Waals surface area contributed by atoms with Gasteiger partial charge in [0.1, 0.15) is 5.75 Å². The van der Waals surface area contributed by atoms with Crippen molar-refractivity contribution in [3.8, 4) is 11.5 Å². The molecule has 0 aliphatic carbocycles. The van der Waals surface area contributed by atoms with Crippen molar-refractivity contribution in [3.05, 3.63) is 88.9 Å². The van der Waals surface area contributed by atoms with Crippen molar-refractivity contribution < 1.29 is 13.9 Å². The predicted molar refractivity (Wildman–Crippen MR) is 116 cm³/mol. The zero-order valence-corrected chi connectivity index (χ0v) is 16.6. The molecule has 1 aromatic heterocycles. The maximum Gasteiger partial charge on any atom is 0.419 e. The minimum atomic E-state index is -0.409. The maximum absolute atomic E-state index is 12.5. The van der Waals surface area contributed by atoms with Crippen LogP contribution < -0.4 is 15.8 Å². The van der Waals surface area contributed by atoms with Gasteiger partial charge >= 0.3 is 5.76 Å². The predicted octanol–water partition coefficient (Wildman–Crippen LogP) is 5.11. The summed E-state index contributed by atoms with van der Waals surface area (Å²) < 4.78 is 12.7. The molecule has 0 unspecified atom stereocenters. The van der Waals surface area contributed by atoms with Gasteiger partial charge in [0.25, 0.3) is 0 Å². The van der Waals surface area contributed by atoms with Crippen LogP contribution in [0.5, 0.6) is 11.5 Å². The topological polar surface area (TPSA) is 73.5 Å². The summed E-state index contributed by atoms with van der Waals surface area (Å²) in [6.07, 6.45) is 0.779. The summed E-state index contributed by atoms with van der Waals surface area (Å²) in [5.41, 5.74) is 2.99. The van der Waals surface area contributed by atoms with E-state index in [1.807, 2.05) is 67.6 Å². The Morgan fingerprint density at radius 2 is 1.83 bits per heavy atom. The fraction of sp³-hybridized carbons (Fsp3) is 0.167. The lowest BCUT2D eigenvalue weighted by Crippen LogP contribution is -2.17. The first kappa shape index (κ1) is 19.5. The van der Waals surface area contributed by atoms with Crippen LogP contribution in [-0.2, 0) is 11.3 Å². The van der Waals surface area contributed by atoms with Crippen molar-refractivity contribution in [1.29, 1.82) is 0 Å². The molecule has 30 heavy (non-hydrogen) atoms. The zero-order valence-electron chi connectivity index (χ0n) is 16.6. The van der Waals surface area contributed by atoms with Gasteiger partial charge in [0.15, 0.2) is 11.3 Å². The van der Waals surface area contributed by atoms with Crippen molar-refractivity contribution in [3.63, 3.8) is 0 Å². The minimum absolute atomic E-state index is 0.142. The number of aromatic nitrogens is 1. The maximum atomic E-state index is 12.5. The fourth-order valence-corrected chi connectivity index (χ4v) is 3.30. The largest absolute Gasteiger partial charge is 0.455 e. The van der Waals surface area contributed by atoms with E-state index in [0.717, 1.165) is 11.1 Å². The van der Waals surface area contributed by atoms with E-state index in [2.05, 4.69) is 5.32 Å². The van der Waals surface area contributed by atoms with E-state index in [0.29, 0.717) is 35.7 Å². The van der Waals surface area contributed by atoms with Crippen LogP contribution >= 0.6 is 0 Å². The number of carbonyl (C=O) groups excluding carboxylic acids is 1. The Bertz CT molecular complexity index is 1240. The molecule has 1 heterocycles. The molecule has 0 atom stereocenters. The van der Waals surface area contributed by atoms with Crippen molar-refractivity contribution in [2.45, 2.75) is 26.3 Å². The average molecular weight is 402 g/mol. The molecule has 0 radical (unpaired) electrons. The Kier molecular flexibility index (Phi) is 5.66. The van der Waals surface area contributed by atoms with Crippen LogP contribution in [0, 0.1) is 6.92 Å². The number of carbonyl (C=O) groups is 1. The number of rotatable bonds is 7. The van der Waals surface area contributed by atoms with Crippen LogP contribution in [0.15, 0.2) is 82.0 Å². The number of anilines is 1. The summed E-state index contributed by atoms with van der Waals surface area (Å²) in [5, 5.41) is 2.90. The molecule has 6 heteroatoms. The average Bonchev–Trinajstić information content (AvgIpc) is 3.05. The Hall–Kier alpha value is -3.80. The third-order valence-electron chi connectivity index (χ3n) is 4.74. The number of nitrogens with zero attached hydrogens (tertiary/aromatic N) is 1. The quantitative estimate of drug-likeness (QED) is 0.466. The highest BCUT2D eigenvalue weighted by molar-refractivity contribution is 5.92. The molecule has 0 saturated heterocycles. The Labute approximate surface area is 173 Å². The summed E-state index contributed by atoms with van der Waals surface area (Å²) >= 11 is 0. The van der Waals surface area contributed by atoms with E-state index in [9.17, 15) is 9.59 Å². The normalized spacial score (nSPS) is 10.8. The van der Waals surface area contributed by atoms with Crippen molar-refractivity contribution in [2.24, 2.45) is 0 Å². The molecule has 3 aromatic carbocycles. The van der Waals surface area contributed by atoms with Crippen LogP contribution in [0.3, 0.4) is 0 Å². The van der Waals surface area contributed by atoms with Crippen LogP contribution in [0.2, 0.25) is 0 Å². The van der Waals surface area contributed by atoms with E-state index in [4.69, 9.17) is 9.15 Å². The molecule has 0 saturated carbocycles. The first-order valence-corrected chi connectivity index (χ1v) is 9.82. The molecule has 0 aliphatic heterocycles. The van der Waals surface area contributed by atoms with Crippen molar-refractivity contribution >= 4 is 22.7 Å². The smallest absolute Gasteiger partial charge is 0.419 e. The zero-order chi connectivity index (χ0) is 20.9. The fourth-order valence-electron chi connectivity index (χ4n) is 3.30. The van der Waals surface area contributed by atoms with E-state index in [-0.39, 0.29) is 12.3 Å². The summed E-state index contributed by atoms with van der Waals surface area (Å²) in [4.78, 5) is 24.5. The van der Waals surface area contributed by atoms with Crippen molar-refractivity contribution in [2.75, 3.05) is 5.32 Å². The van der Waals surface area contributed by atoms with Gasteiger partial charge in [-0.2, -0.15) is 0 Å². The summed E-state index contributed by atoms with van der Waals surface area (Å²) in [6.45, 7) is 2.40. The van der Waals surface area contributed by atoms with Crippen LogP contribution in [0.25, 0.3) is 11.1 Å². The SMILES string of the molecule is Cc1cccc(Oc2ccccc2NC(=O)CCCn2c(=O)oc3ccccc32)c1. The Balaban J connectivity index is 1.38. The number of nitrogens with one attached hydrogen (secondary N) is 1. The van der Waals surface area contributed by atoms with E-state index in [1.165, 1.54) is 0 Å². The van der Waals surface area contributed by atoms with Crippen LogP contribution in [-0.4, -0.2) is 10.5 Å². The highest BCUT2D eigenvalue weighted by atomic mass is 16.5. The number of aryl methyl sites for hydroxylation is 2. The molecule has 1 amide bonds. The molecule has 152 valence electrons. The van der Waals surface area contributed by atoms with Gasteiger partial charge in [0.2, 0.25) is 5.91 Å². The van der Waals surface area contributed by atoms with E-state index >= 15 is 0 Å². The minimum Gasteiger partial charge on any atom is -0.455 e. The number of amides is 1. The second-order valence-electron chi connectivity index (χ2n) is 7.05. The molecule has 0 fully saturated rings. The highest BCUT2D eigenvalue weighted by Crippen LogP contribution is 2.29. The van der Waals surface area contributed by atoms with Gasteiger partial charge in [0.05, 0.1) is 11.2 Å². The summed E-state index contributed by atoms with van der Waals surface area (Å²) in [5.74, 6) is 0.737. The van der Waals surface area contributed by atoms with Crippen LogP contribution in [0.4, 0.5) is 5.69 Å². The standard InChI is InChI=1S/C24H22N2O4/c1-17-8-6-9-18(16-17)29-21-12-4-2-10-19(21)25-23(27)14-7-15-26-20-11-3-5-13-22(20)30-24(26)28/h2-6,8-13,16H,7,14-15H2,1H3,(H,25,27). The molecule has 0 spiro atoms. The lowest BCUT2D eigenvalue weighted by molar-refractivity contribution is -0.116. The molecule has 0 bridgehead atoms. The number of oxazole rings is 1. The monoisotopic (exact) mass is 402 g/mol. The summed E-state index contributed by atoms with van der Waals surface area (Å²) in [7, 11) is 0.